The molecule has 37 heavy (non-hydrogen) atoms. The summed E-state index contributed by atoms with van der Waals surface area (Å²) in [6, 6.07) is 50.9. The Kier molecular flexibility index (Phi) is 5.11. The SMILES string of the molecule is Cc1cccc(-c2c3ccccc3c(-c3cccc(-c4cccc5ccccc45)c3)c3ccccc23)c1. The Balaban J connectivity index is 1.54. The highest BCUT2D eigenvalue weighted by Crippen LogP contribution is 2.44. The van der Waals surface area contributed by atoms with E-state index in [1.165, 1.54) is 71.3 Å². The quantitative estimate of drug-likeness (QED) is 0.225. The van der Waals surface area contributed by atoms with Crippen LogP contribution in [0.25, 0.3) is 65.7 Å². The van der Waals surface area contributed by atoms with Gasteiger partial charge in [0, 0.05) is 0 Å². The number of fused-ring (bicyclic) bond motifs is 3. The Morgan fingerprint density at radius 1 is 0.351 bits per heavy atom. The van der Waals surface area contributed by atoms with Gasteiger partial charge in [-0.2, -0.15) is 0 Å². The largest absolute Gasteiger partial charge is 0.0616 e. The molecule has 0 amide bonds. The van der Waals surface area contributed by atoms with Crippen LogP contribution in [-0.2, 0) is 0 Å². The van der Waals surface area contributed by atoms with E-state index in [1.54, 1.807) is 0 Å². The van der Waals surface area contributed by atoms with Gasteiger partial charge in [-0.1, -0.05) is 139 Å². The second-order valence-corrected chi connectivity index (χ2v) is 9.82. The minimum absolute atomic E-state index is 1.24. The van der Waals surface area contributed by atoms with Crippen LogP contribution in [0, 0.1) is 6.92 Å². The molecule has 174 valence electrons. The topological polar surface area (TPSA) is 0 Å². The lowest BCUT2D eigenvalue weighted by atomic mass is 9.85. The van der Waals surface area contributed by atoms with Crippen molar-refractivity contribution in [2.75, 3.05) is 0 Å². The fourth-order valence-corrected chi connectivity index (χ4v) is 5.87. The zero-order chi connectivity index (χ0) is 24.8. The molecule has 0 fully saturated rings. The molecule has 0 unspecified atom stereocenters. The minimum atomic E-state index is 1.24. The van der Waals surface area contributed by atoms with Gasteiger partial charge in [-0.15, -0.1) is 0 Å². The first-order valence-corrected chi connectivity index (χ1v) is 12.9. The summed E-state index contributed by atoms with van der Waals surface area (Å²) in [4.78, 5) is 0. The van der Waals surface area contributed by atoms with Gasteiger partial charge in [0.1, 0.15) is 0 Å². The lowest BCUT2D eigenvalue weighted by Gasteiger charge is -2.18. The zero-order valence-electron chi connectivity index (χ0n) is 20.8. The van der Waals surface area contributed by atoms with Gasteiger partial charge in [0.15, 0.2) is 0 Å². The van der Waals surface area contributed by atoms with Gasteiger partial charge in [0.25, 0.3) is 0 Å². The Morgan fingerprint density at radius 2 is 0.811 bits per heavy atom. The van der Waals surface area contributed by atoms with Crippen LogP contribution in [-0.4, -0.2) is 0 Å². The average molecular weight is 471 g/mol. The highest BCUT2D eigenvalue weighted by Gasteiger charge is 2.17. The van der Waals surface area contributed by atoms with Crippen molar-refractivity contribution >= 4 is 32.3 Å². The number of hydrogen-bond donors (Lipinski definition) is 0. The molecule has 0 heteroatoms. The first-order chi connectivity index (χ1) is 18.3. The zero-order valence-corrected chi connectivity index (χ0v) is 20.8. The normalized spacial score (nSPS) is 11.4. The van der Waals surface area contributed by atoms with Crippen LogP contribution in [0.4, 0.5) is 0 Å². The van der Waals surface area contributed by atoms with Crippen LogP contribution in [0.15, 0.2) is 140 Å². The maximum atomic E-state index is 2.36. The third-order valence-electron chi connectivity index (χ3n) is 7.49. The molecule has 0 aliphatic carbocycles. The van der Waals surface area contributed by atoms with Gasteiger partial charge in [0.2, 0.25) is 0 Å². The second kappa shape index (κ2) is 8.76. The number of aryl methyl sites for hydroxylation is 1. The van der Waals surface area contributed by atoms with Crippen molar-refractivity contribution in [3.05, 3.63) is 145 Å². The predicted octanol–water partition coefficient (Wildman–Crippen LogP) is 10.5. The predicted molar refractivity (Wildman–Crippen MR) is 160 cm³/mol. The molecule has 0 heterocycles. The van der Waals surface area contributed by atoms with Crippen molar-refractivity contribution in [2.45, 2.75) is 6.92 Å². The van der Waals surface area contributed by atoms with Gasteiger partial charge < -0.3 is 0 Å². The Hall–Kier alpha value is -4.68. The molecule has 0 aromatic heterocycles. The summed E-state index contributed by atoms with van der Waals surface area (Å²) in [5, 5.41) is 7.70. The molecule has 0 aliphatic rings. The molecule has 0 spiro atoms. The van der Waals surface area contributed by atoms with Crippen LogP contribution in [0.5, 0.6) is 0 Å². The molecular formula is C37H26. The smallest absolute Gasteiger partial charge is 0.00262 e. The van der Waals surface area contributed by atoms with E-state index in [2.05, 4.69) is 146 Å². The van der Waals surface area contributed by atoms with Gasteiger partial charge in [-0.3, -0.25) is 0 Å². The summed E-state index contributed by atoms with van der Waals surface area (Å²) >= 11 is 0. The maximum Gasteiger partial charge on any atom is -0.00262 e. The van der Waals surface area contributed by atoms with E-state index in [0.717, 1.165) is 0 Å². The highest BCUT2D eigenvalue weighted by molar-refractivity contribution is 6.21. The van der Waals surface area contributed by atoms with E-state index in [1.807, 2.05) is 0 Å². The second-order valence-electron chi connectivity index (χ2n) is 9.82. The van der Waals surface area contributed by atoms with Gasteiger partial charge in [-0.25, -0.2) is 0 Å². The first-order valence-electron chi connectivity index (χ1n) is 12.9. The maximum absolute atomic E-state index is 2.36. The monoisotopic (exact) mass is 470 g/mol. The molecule has 7 aromatic rings. The summed E-state index contributed by atoms with van der Waals surface area (Å²) in [7, 11) is 0. The third-order valence-corrected chi connectivity index (χ3v) is 7.49. The fraction of sp³-hybridized carbons (Fsp3) is 0.0270. The van der Waals surface area contributed by atoms with Crippen LogP contribution < -0.4 is 0 Å². The fourth-order valence-electron chi connectivity index (χ4n) is 5.87. The van der Waals surface area contributed by atoms with Gasteiger partial charge in [0.05, 0.1) is 0 Å². The molecule has 0 saturated carbocycles. The molecule has 0 atom stereocenters. The minimum Gasteiger partial charge on any atom is -0.0616 e. The van der Waals surface area contributed by atoms with Gasteiger partial charge in [-0.05, 0) is 78.7 Å². The van der Waals surface area contributed by atoms with Crippen molar-refractivity contribution in [1.82, 2.24) is 0 Å². The van der Waals surface area contributed by atoms with Crippen molar-refractivity contribution in [3.8, 4) is 33.4 Å². The standard InChI is InChI=1S/C37H26/c1-25-11-8-15-28(23-25)36-32-18-4-6-20-34(32)37(35-21-7-5-19-33(35)36)29-16-9-14-27(24-29)31-22-10-13-26-12-2-3-17-30(26)31/h2-24H,1H3. The van der Waals surface area contributed by atoms with Crippen molar-refractivity contribution in [2.24, 2.45) is 0 Å². The van der Waals surface area contributed by atoms with Crippen molar-refractivity contribution in [1.29, 1.82) is 0 Å². The van der Waals surface area contributed by atoms with E-state index in [-0.39, 0.29) is 0 Å². The summed E-state index contributed by atoms with van der Waals surface area (Å²) in [5.74, 6) is 0. The molecule has 0 aliphatic heterocycles. The summed E-state index contributed by atoms with van der Waals surface area (Å²) in [6.07, 6.45) is 0. The average Bonchev–Trinajstić information content (AvgIpc) is 2.95. The van der Waals surface area contributed by atoms with Crippen LogP contribution >= 0.6 is 0 Å². The summed E-state index contributed by atoms with van der Waals surface area (Å²) in [5.41, 5.74) is 8.90. The molecular weight excluding hydrogens is 444 g/mol. The van der Waals surface area contributed by atoms with E-state index in [0.29, 0.717) is 0 Å². The number of rotatable bonds is 3. The van der Waals surface area contributed by atoms with Crippen molar-refractivity contribution < 1.29 is 0 Å². The highest BCUT2D eigenvalue weighted by atomic mass is 14.2. The lowest BCUT2D eigenvalue weighted by Crippen LogP contribution is -1.91. The summed E-state index contributed by atoms with van der Waals surface area (Å²) in [6.45, 7) is 2.17. The van der Waals surface area contributed by atoms with E-state index >= 15 is 0 Å². The molecule has 7 rings (SSSR count). The summed E-state index contributed by atoms with van der Waals surface area (Å²) < 4.78 is 0. The Bertz CT molecular complexity index is 1880. The van der Waals surface area contributed by atoms with Crippen LogP contribution in [0.1, 0.15) is 5.56 Å². The first kappa shape index (κ1) is 21.6. The van der Waals surface area contributed by atoms with E-state index in [4.69, 9.17) is 0 Å². The van der Waals surface area contributed by atoms with Crippen LogP contribution in [0.3, 0.4) is 0 Å². The van der Waals surface area contributed by atoms with E-state index in [9.17, 15) is 0 Å². The van der Waals surface area contributed by atoms with Crippen molar-refractivity contribution in [3.63, 3.8) is 0 Å². The number of benzene rings is 7. The van der Waals surface area contributed by atoms with Crippen LogP contribution in [0.2, 0.25) is 0 Å². The molecule has 7 aromatic carbocycles. The lowest BCUT2D eigenvalue weighted by molar-refractivity contribution is 1.47. The molecule has 0 N–H and O–H groups in total. The Labute approximate surface area is 217 Å². The third kappa shape index (κ3) is 3.61. The molecule has 0 nitrogen and oxygen atoms in total. The van der Waals surface area contributed by atoms with E-state index < -0.39 is 0 Å². The molecule has 0 bridgehead atoms. The molecule has 0 radical (unpaired) electrons. The molecule has 0 saturated heterocycles. The number of hydrogen-bond acceptors (Lipinski definition) is 0. The Morgan fingerprint density at radius 3 is 1.43 bits per heavy atom. The van der Waals surface area contributed by atoms with Gasteiger partial charge >= 0.3 is 0 Å².